The van der Waals surface area contributed by atoms with Crippen molar-refractivity contribution in [1.82, 2.24) is 59.3 Å². The lowest BCUT2D eigenvalue weighted by Gasteiger charge is -2.41. The van der Waals surface area contributed by atoms with Crippen LogP contribution in [0.4, 0.5) is 52.1 Å². The molecule has 3 aromatic heterocycles. The Morgan fingerprint density at radius 1 is 0.417 bits per heavy atom. The van der Waals surface area contributed by atoms with Crippen molar-refractivity contribution in [3.05, 3.63) is 266 Å². The summed E-state index contributed by atoms with van der Waals surface area (Å²) in [5.74, 6) is -3.10. The van der Waals surface area contributed by atoms with Crippen molar-refractivity contribution >= 4 is 96.2 Å². The fraction of sp³-hybridized carbons (Fsp3) is 0.434. The van der Waals surface area contributed by atoms with Gasteiger partial charge in [-0.2, -0.15) is 29.9 Å². The number of rotatable bonds is 27. The van der Waals surface area contributed by atoms with Gasteiger partial charge in [-0.1, -0.05) is 147 Å². The van der Waals surface area contributed by atoms with E-state index in [0.29, 0.717) is 134 Å². The molecule has 0 bridgehead atoms. The standard InChI is InChI=1S/C39H42FN7O2.C34H40FN7O3.C33H36ClF2N7O2/c1-27-10-7-13-30-14-8-16-35(36(27)30)45-19-17-33-34(25-45)42-39(49-26-31-15-9-18-44(31)23-29-11-5-4-6-12-29)43-37(33)46-20-21-47(38(48)28(2)40)32(24-46)22-41-3;1-23-7-4-8-25-9-5-11-30(31(23)25)40-14-12-28-29(21-40)37-34(45-22-26-10-6-13-39(26)17-18-43)38-32(28)41-15-16-42(33(44)24(2)35)27(20-41)19-36-3;1-22(36)32(44)43-17-16-42(19-25(43)18-37-2)31-26-11-14-41(29-10-4-7-23-6-3-9-27(34)30(23)29)20-28(26)38-33(39-31)45-21-24-8-5-13-40(24)15-12-35/h4-8,10-14,16,31-32H,2,9,15,17-26H2,1H3;4-5,7-9,11,26-27,43H,2,6,10,12-22H2,1H3;3-4,6-7,9-10,24-25H,1,5,8,11-21H2/t31-,32-;26-,27-;24-,25-/m000/s1. The number of aliphatic hydroxyl groups is 1. The molecule has 19 rings (SSSR count). The minimum Gasteiger partial charge on any atom is -0.462 e. The number of β-amino-alcohol motifs (C(OH)–C–C–N with tert-alkyl or cyclic N) is 1. The molecule has 9 aliphatic heterocycles. The summed E-state index contributed by atoms with van der Waals surface area (Å²) in [5.41, 5.74) is 12.8. The highest BCUT2D eigenvalue weighted by molar-refractivity contribution is 6.36. The molecule has 3 amide bonds. The summed E-state index contributed by atoms with van der Waals surface area (Å²) >= 11 is 6.68. The maximum absolute atomic E-state index is 13.9. The first-order valence-electron chi connectivity index (χ1n) is 48.2. The van der Waals surface area contributed by atoms with E-state index in [1.54, 1.807) is 0 Å². The Hall–Kier alpha value is -13.3. The van der Waals surface area contributed by atoms with E-state index in [4.69, 9.17) is 75.4 Å². The van der Waals surface area contributed by atoms with Gasteiger partial charge in [0.05, 0.1) is 48.3 Å². The van der Waals surface area contributed by atoms with Gasteiger partial charge in [0.2, 0.25) is 19.6 Å². The number of aryl methyl sites for hydroxylation is 2. The lowest BCUT2D eigenvalue weighted by molar-refractivity contribution is -0.131. The van der Waals surface area contributed by atoms with Gasteiger partial charge < -0.3 is 78.0 Å². The molecule has 9 aliphatic rings. The second-order valence-corrected chi connectivity index (χ2v) is 37.5. The van der Waals surface area contributed by atoms with Gasteiger partial charge in [-0.3, -0.25) is 29.1 Å². The number of aliphatic hydroxyl groups excluding tert-OH is 1. The Kier molecular flexibility index (Phi) is 31.3. The number of hydrogen-bond donors (Lipinski definition) is 1. The summed E-state index contributed by atoms with van der Waals surface area (Å²) < 4.78 is 73.7. The third-order valence-corrected chi connectivity index (χ3v) is 28.9. The molecule has 0 saturated carbocycles. The van der Waals surface area contributed by atoms with E-state index in [-0.39, 0.29) is 70.0 Å². The summed E-state index contributed by atoms with van der Waals surface area (Å²) in [4.78, 5) is 102. The van der Waals surface area contributed by atoms with Crippen LogP contribution in [0.3, 0.4) is 0 Å². The van der Waals surface area contributed by atoms with Crippen LogP contribution in [0.2, 0.25) is 5.02 Å². The van der Waals surface area contributed by atoms with Crippen molar-refractivity contribution in [2.45, 2.75) is 134 Å². The highest BCUT2D eigenvalue weighted by Gasteiger charge is 2.42. The lowest BCUT2D eigenvalue weighted by atomic mass is 9.99. The number of anilines is 6. The Labute approximate surface area is 814 Å². The number of alkyl halides is 1. The van der Waals surface area contributed by atoms with Crippen LogP contribution < -0.4 is 43.6 Å². The minimum absolute atomic E-state index is 0.0356. The molecule has 6 fully saturated rings. The van der Waals surface area contributed by atoms with E-state index in [0.717, 1.165) is 146 Å². The Bertz CT molecular complexity index is 6090. The molecule has 7 aromatic carbocycles. The third-order valence-electron chi connectivity index (χ3n) is 28.5. The van der Waals surface area contributed by atoms with Gasteiger partial charge in [0.25, 0.3) is 17.7 Å². The van der Waals surface area contributed by atoms with Gasteiger partial charge in [-0.05, 0) is 148 Å². The number of ether oxygens (including phenoxy) is 3. The number of hydrogen-bond acceptors (Lipinski definition) is 22. The average molecular weight is 1910 g/mol. The molecular weight excluding hydrogens is 1790 g/mol. The predicted octanol–water partition coefficient (Wildman–Crippen LogP) is 14.8. The largest absolute Gasteiger partial charge is 0.462 e. The summed E-state index contributed by atoms with van der Waals surface area (Å²) in [6, 6.07) is 48.1. The molecule has 0 unspecified atom stereocenters. The minimum atomic E-state index is -1.03. The van der Waals surface area contributed by atoms with Gasteiger partial charge >= 0.3 is 18.0 Å². The van der Waals surface area contributed by atoms with E-state index < -0.39 is 60.0 Å². The van der Waals surface area contributed by atoms with E-state index in [2.05, 4.69) is 195 Å². The van der Waals surface area contributed by atoms with Crippen molar-refractivity contribution in [2.75, 3.05) is 193 Å². The second kappa shape index (κ2) is 44.7. The van der Waals surface area contributed by atoms with Gasteiger partial charge in [0.1, 0.15) is 62.1 Å². The molecule has 0 spiro atoms. The highest BCUT2D eigenvalue weighted by Crippen LogP contribution is 2.43. The predicted molar refractivity (Wildman–Crippen MR) is 534 cm³/mol. The normalized spacial score (nSPS) is 20.0. The Morgan fingerprint density at radius 3 is 1.13 bits per heavy atom. The average Bonchev–Trinajstić information content (AvgIpc) is 0.953. The van der Waals surface area contributed by atoms with Gasteiger partial charge in [-0.25, -0.2) is 37.3 Å². The number of carbonyl (C=O) groups is 3. The zero-order valence-electron chi connectivity index (χ0n) is 78.9. The van der Waals surface area contributed by atoms with Crippen molar-refractivity contribution in [3.63, 3.8) is 0 Å². The maximum atomic E-state index is 13.9. The van der Waals surface area contributed by atoms with E-state index >= 15 is 0 Å². The molecule has 28 nitrogen and oxygen atoms in total. The van der Waals surface area contributed by atoms with Gasteiger partial charge in [0.15, 0.2) is 17.5 Å². The fourth-order valence-electron chi connectivity index (χ4n) is 21.7. The molecular formula is C106H118ClF4N21O7. The molecule has 6 saturated heterocycles. The molecule has 139 heavy (non-hydrogen) atoms. The fourth-order valence-corrected chi connectivity index (χ4v) is 21.9. The first kappa shape index (κ1) is 97.4. The van der Waals surface area contributed by atoms with Gasteiger partial charge in [0, 0.05) is 166 Å². The first-order valence-corrected chi connectivity index (χ1v) is 48.6. The molecule has 10 aromatic rings. The zero-order valence-corrected chi connectivity index (χ0v) is 79.7. The van der Waals surface area contributed by atoms with E-state index in [1.807, 2.05) is 36.4 Å². The number of likely N-dealkylation sites (tertiary alicyclic amines) is 3. The van der Waals surface area contributed by atoms with Crippen LogP contribution >= 0.6 is 11.6 Å². The quantitative estimate of drug-likeness (QED) is 0.0287. The number of benzene rings is 7. The first-order chi connectivity index (χ1) is 67.6. The number of fused-ring (bicyclic) bond motifs is 6. The smallest absolute Gasteiger partial charge is 0.318 e. The summed E-state index contributed by atoms with van der Waals surface area (Å²) in [7, 11) is 0. The van der Waals surface area contributed by atoms with Gasteiger partial charge in [-0.15, -0.1) is 0 Å². The molecule has 0 radical (unpaired) electrons. The molecule has 0 aliphatic carbocycles. The molecule has 1 N–H and O–H groups in total. The van der Waals surface area contributed by atoms with Crippen LogP contribution in [-0.4, -0.2) is 282 Å². The summed E-state index contributed by atoms with van der Waals surface area (Å²) in [6.45, 7) is 49.2. The zero-order chi connectivity index (χ0) is 96.9. The van der Waals surface area contributed by atoms with Crippen molar-refractivity contribution in [2.24, 2.45) is 0 Å². The SMILES string of the molecule is [C-]#[N+]C[C@H]1CN(c2nc(OC[C@@H]3CCCN3CCF)nc3c2CCN(c2cccc4cccc(Cl)c24)C3)CCN1C(=O)C(=C)F.[C-]#[N+]C[C@H]1CN(c2nc(OC[C@@H]3CCCN3CCO)nc3c2CCN(c2cccc4cccc(C)c24)C3)CCN1C(=O)C(=C)F.[C-]#[N+]C[C@H]1CN(c2nc(OC[C@@H]3CCCN3Cc3ccccc3)nc3c2CCN(c2cccc4cccc(C)c24)C3)CCN1C(=O)C(=C)F. The number of carbonyl (C=O) groups excluding carboxylic acids is 3. The van der Waals surface area contributed by atoms with Crippen LogP contribution in [0, 0.1) is 33.6 Å². The molecule has 6 atom stereocenters. The maximum Gasteiger partial charge on any atom is 0.318 e. The van der Waals surface area contributed by atoms with Crippen LogP contribution in [0.5, 0.6) is 18.0 Å². The number of amides is 3. The summed E-state index contributed by atoms with van der Waals surface area (Å²) in [6.07, 6.45) is 8.22. The van der Waals surface area contributed by atoms with Crippen LogP contribution in [-0.2, 0) is 59.8 Å². The van der Waals surface area contributed by atoms with Crippen LogP contribution in [0.25, 0.3) is 46.9 Å². The number of nitrogens with zero attached hydrogens (tertiary/aromatic N) is 21. The Morgan fingerprint density at radius 2 is 0.763 bits per heavy atom. The summed E-state index contributed by atoms with van der Waals surface area (Å²) in [5, 5.41) is 17.1. The lowest BCUT2D eigenvalue weighted by Crippen LogP contribution is -2.57. The number of piperazine rings is 3. The molecule has 724 valence electrons. The third kappa shape index (κ3) is 21.9. The van der Waals surface area contributed by atoms with Crippen LogP contribution in [0.1, 0.15) is 89.0 Å². The van der Waals surface area contributed by atoms with E-state index in [1.165, 1.54) is 64.3 Å². The van der Waals surface area contributed by atoms with Crippen LogP contribution in [0.15, 0.2) is 177 Å². The van der Waals surface area contributed by atoms with Crippen molar-refractivity contribution < 1.29 is 51.3 Å². The van der Waals surface area contributed by atoms with Crippen molar-refractivity contribution in [1.29, 1.82) is 0 Å². The van der Waals surface area contributed by atoms with Crippen molar-refractivity contribution in [3.8, 4) is 18.0 Å². The highest BCUT2D eigenvalue weighted by atomic mass is 35.5. The monoisotopic (exact) mass is 1910 g/mol. The Balaban J connectivity index is 0.000000144. The van der Waals surface area contributed by atoms with E-state index in [9.17, 15) is 37.1 Å². The molecule has 12 heterocycles. The number of aromatic nitrogens is 6. The number of halogens is 5. The topological polar surface area (TPSA) is 228 Å². The molecule has 33 heteroatoms. The second-order valence-electron chi connectivity index (χ2n) is 37.1.